The van der Waals surface area contributed by atoms with Crippen molar-refractivity contribution in [1.82, 2.24) is 13.6 Å². The summed E-state index contributed by atoms with van der Waals surface area (Å²) in [6.45, 7) is 5.13. The number of hydrogen-bond donors (Lipinski definition) is 0. The predicted molar refractivity (Wildman–Crippen MR) is 91.3 cm³/mol. The number of fused-ring (bicyclic) bond motifs is 1. The Morgan fingerprint density at radius 3 is 2.61 bits per heavy atom. The molecule has 124 valence electrons. The zero-order valence-corrected chi connectivity index (χ0v) is 14.8. The number of amides is 1. The Balaban J connectivity index is 1.78. The van der Waals surface area contributed by atoms with Crippen molar-refractivity contribution in [3.8, 4) is 0 Å². The summed E-state index contributed by atoms with van der Waals surface area (Å²) in [4.78, 5) is 14.4. The Morgan fingerprint density at radius 1 is 1.26 bits per heavy atom. The molecule has 0 bridgehead atoms. The number of hydrogen-bond acceptors (Lipinski definition) is 5. The number of aryl methyl sites for hydroxylation is 1. The van der Waals surface area contributed by atoms with Gasteiger partial charge in [-0.3, -0.25) is 4.79 Å². The largest absolute Gasteiger partial charge is 0.335 e. The van der Waals surface area contributed by atoms with Crippen LogP contribution in [0.4, 0.5) is 0 Å². The van der Waals surface area contributed by atoms with Gasteiger partial charge in [0, 0.05) is 31.6 Å². The van der Waals surface area contributed by atoms with Gasteiger partial charge in [0.25, 0.3) is 5.91 Å². The topological polar surface area (TPSA) is 70.6 Å². The van der Waals surface area contributed by atoms with E-state index < -0.39 is 10.0 Å². The van der Waals surface area contributed by atoms with Crippen LogP contribution in [0.2, 0.25) is 0 Å². The molecule has 0 spiro atoms. The molecule has 23 heavy (non-hydrogen) atoms. The Labute approximate surface area is 139 Å². The SMILES string of the molecule is CCS(=O)(=O)N1CCN(C(=O)c2nsc3ccc(C)cc23)CC1. The van der Waals surface area contributed by atoms with Gasteiger partial charge in [0.15, 0.2) is 0 Å². The first-order valence-electron chi connectivity index (χ1n) is 7.55. The van der Waals surface area contributed by atoms with Gasteiger partial charge in [-0.1, -0.05) is 11.6 Å². The Kier molecular flexibility index (Phi) is 4.39. The van der Waals surface area contributed by atoms with E-state index >= 15 is 0 Å². The third-order valence-electron chi connectivity index (χ3n) is 4.11. The van der Waals surface area contributed by atoms with Gasteiger partial charge < -0.3 is 4.90 Å². The third-order valence-corrected chi connectivity index (χ3v) is 6.82. The molecule has 1 aromatic carbocycles. The van der Waals surface area contributed by atoms with E-state index in [1.54, 1.807) is 11.8 Å². The maximum Gasteiger partial charge on any atom is 0.274 e. The maximum absolute atomic E-state index is 12.7. The monoisotopic (exact) mass is 353 g/mol. The molecular weight excluding hydrogens is 334 g/mol. The fraction of sp³-hybridized carbons (Fsp3) is 0.467. The molecule has 1 fully saturated rings. The number of rotatable bonds is 3. The van der Waals surface area contributed by atoms with Gasteiger partial charge in [-0.05, 0) is 37.5 Å². The standard InChI is InChI=1S/C15H19N3O3S2/c1-3-23(20,21)18-8-6-17(7-9-18)15(19)14-12-10-11(2)4-5-13(12)22-16-14/h4-5,10H,3,6-9H2,1-2H3. The molecule has 1 saturated heterocycles. The van der Waals surface area contributed by atoms with E-state index in [9.17, 15) is 13.2 Å². The second-order valence-corrected chi connectivity index (χ2v) is 8.69. The predicted octanol–water partition coefficient (Wildman–Crippen LogP) is 1.71. The van der Waals surface area contributed by atoms with Crippen molar-refractivity contribution >= 4 is 37.5 Å². The summed E-state index contributed by atoms with van der Waals surface area (Å²) in [7, 11) is -3.18. The number of sulfonamides is 1. The van der Waals surface area contributed by atoms with Crippen LogP contribution in [0.25, 0.3) is 10.1 Å². The van der Waals surface area contributed by atoms with Crippen LogP contribution in [-0.4, -0.2) is 59.8 Å². The Hall–Kier alpha value is -1.51. The van der Waals surface area contributed by atoms with Crippen molar-refractivity contribution in [3.05, 3.63) is 29.5 Å². The number of nitrogens with zero attached hydrogens (tertiary/aromatic N) is 3. The van der Waals surface area contributed by atoms with Gasteiger partial charge in [0.2, 0.25) is 10.0 Å². The molecule has 3 rings (SSSR count). The molecule has 0 aliphatic carbocycles. The van der Waals surface area contributed by atoms with Crippen molar-refractivity contribution in [2.45, 2.75) is 13.8 Å². The molecule has 0 saturated carbocycles. The minimum atomic E-state index is -3.18. The lowest BCUT2D eigenvalue weighted by Gasteiger charge is -2.33. The number of carbonyl (C=O) groups excluding carboxylic acids is 1. The quantitative estimate of drug-likeness (QED) is 0.842. The van der Waals surface area contributed by atoms with Crippen LogP contribution < -0.4 is 0 Å². The lowest BCUT2D eigenvalue weighted by Crippen LogP contribution is -2.50. The minimum Gasteiger partial charge on any atom is -0.335 e. The highest BCUT2D eigenvalue weighted by atomic mass is 32.2. The van der Waals surface area contributed by atoms with Crippen LogP contribution >= 0.6 is 11.5 Å². The van der Waals surface area contributed by atoms with E-state index in [4.69, 9.17) is 0 Å². The molecule has 1 aromatic heterocycles. The first-order chi connectivity index (χ1) is 10.9. The van der Waals surface area contributed by atoms with Crippen LogP contribution in [0.3, 0.4) is 0 Å². The molecule has 2 heterocycles. The summed E-state index contributed by atoms with van der Waals surface area (Å²) in [6.07, 6.45) is 0. The van der Waals surface area contributed by atoms with Gasteiger partial charge >= 0.3 is 0 Å². The Bertz CT molecular complexity index is 837. The fourth-order valence-electron chi connectivity index (χ4n) is 2.71. The summed E-state index contributed by atoms with van der Waals surface area (Å²) in [5.41, 5.74) is 1.56. The van der Waals surface area contributed by atoms with Crippen LogP contribution in [0.1, 0.15) is 23.0 Å². The molecule has 1 aliphatic rings. The second kappa shape index (κ2) is 6.18. The smallest absolute Gasteiger partial charge is 0.274 e. The molecule has 2 aromatic rings. The molecule has 0 radical (unpaired) electrons. The minimum absolute atomic E-state index is 0.0942. The maximum atomic E-state index is 12.7. The molecule has 1 aliphatic heterocycles. The van der Waals surface area contributed by atoms with Gasteiger partial charge in [0.1, 0.15) is 5.69 Å². The summed E-state index contributed by atoms with van der Waals surface area (Å²) in [5, 5.41) is 0.878. The van der Waals surface area contributed by atoms with E-state index in [-0.39, 0.29) is 11.7 Å². The number of piperazine rings is 1. The van der Waals surface area contributed by atoms with E-state index in [1.807, 2.05) is 25.1 Å². The van der Waals surface area contributed by atoms with Crippen LogP contribution in [0, 0.1) is 6.92 Å². The molecule has 0 atom stereocenters. The molecule has 6 nitrogen and oxygen atoms in total. The van der Waals surface area contributed by atoms with Gasteiger partial charge in [0.05, 0.1) is 10.5 Å². The van der Waals surface area contributed by atoms with Crippen molar-refractivity contribution in [1.29, 1.82) is 0 Å². The highest BCUT2D eigenvalue weighted by molar-refractivity contribution is 7.89. The molecule has 0 N–H and O–H groups in total. The highest BCUT2D eigenvalue weighted by Crippen LogP contribution is 2.25. The van der Waals surface area contributed by atoms with Crippen molar-refractivity contribution in [2.24, 2.45) is 0 Å². The van der Waals surface area contributed by atoms with Crippen LogP contribution in [0.5, 0.6) is 0 Å². The summed E-state index contributed by atoms with van der Waals surface area (Å²) in [6, 6.07) is 5.96. The summed E-state index contributed by atoms with van der Waals surface area (Å²) < 4.78 is 30.5. The van der Waals surface area contributed by atoms with E-state index in [0.29, 0.717) is 31.9 Å². The molecule has 8 heteroatoms. The van der Waals surface area contributed by atoms with Gasteiger partial charge in [-0.15, -0.1) is 0 Å². The van der Waals surface area contributed by atoms with E-state index in [2.05, 4.69) is 4.37 Å². The average Bonchev–Trinajstić information content (AvgIpc) is 2.97. The van der Waals surface area contributed by atoms with E-state index in [1.165, 1.54) is 15.8 Å². The zero-order chi connectivity index (χ0) is 16.6. The second-order valence-electron chi connectivity index (χ2n) is 5.62. The van der Waals surface area contributed by atoms with Gasteiger partial charge in [-0.25, -0.2) is 8.42 Å². The Morgan fingerprint density at radius 2 is 1.96 bits per heavy atom. The summed E-state index contributed by atoms with van der Waals surface area (Å²) >= 11 is 1.32. The molecular formula is C15H19N3O3S2. The number of aromatic nitrogens is 1. The van der Waals surface area contributed by atoms with Gasteiger partial charge in [-0.2, -0.15) is 8.68 Å². The first kappa shape index (κ1) is 16.4. The van der Waals surface area contributed by atoms with Crippen molar-refractivity contribution < 1.29 is 13.2 Å². The third kappa shape index (κ3) is 3.11. The number of carbonyl (C=O) groups is 1. The molecule has 0 unspecified atom stereocenters. The normalized spacial score (nSPS) is 16.9. The van der Waals surface area contributed by atoms with Crippen molar-refractivity contribution in [2.75, 3.05) is 31.9 Å². The first-order valence-corrected chi connectivity index (χ1v) is 9.94. The van der Waals surface area contributed by atoms with Crippen LogP contribution in [-0.2, 0) is 10.0 Å². The highest BCUT2D eigenvalue weighted by Gasteiger charge is 2.29. The van der Waals surface area contributed by atoms with Crippen LogP contribution in [0.15, 0.2) is 18.2 Å². The fourth-order valence-corrected chi connectivity index (χ4v) is 4.54. The van der Waals surface area contributed by atoms with E-state index in [0.717, 1.165) is 15.6 Å². The lowest BCUT2D eigenvalue weighted by molar-refractivity contribution is 0.0695. The number of benzene rings is 1. The lowest BCUT2D eigenvalue weighted by atomic mass is 10.1. The summed E-state index contributed by atoms with van der Waals surface area (Å²) in [5.74, 6) is -0.0212. The zero-order valence-electron chi connectivity index (χ0n) is 13.2. The average molecular weight is 353 g/mol. The van der Waals surface area contributed by atoms with Crippen molar-refractivity contribution in [3.63, 3.8) is 0 Å². The molecule has 1 amide bonds.